The minimum Gasteiger partial charge on any atom is -0.481 e. The average Bonchev–Trinajstić information content (AvgIpc) is 2.78. The molecule has 6 nitrogen and oxygen atoms in total. The zero-order valence-electron chi connectivity index (χ0n) is 18.2. The number of rotatable bonds is 6. The molecule has 0 heterocycles. The number of benzene rings is 3. The van der Waals surface area contributed by atoms with Crippen LogP contribution in [0, 0.1) is 5.82 Å². The van der Waals surface area contributed by atoms with E-state index in [0.717, 1.165) is 11.6 Å². The van der Waals surface area contributed by atoms with E-state index in [1.54, 1.807) is 6.92 Å². The number of ether oxygens (including phenoxy) is 1. The Hall–Kier alpha value is -3.87. The molecular formula is C25H26FN3O3. The molecule has 0 aromatic heterocycles. The lowest BCUT2D eigenvalue weighted by Gasteiger charge is -2.26. The summed E-state index contributed by atoms with van der Waals surface area (Å²) in [6.07, 6.45) is -0.850. The third-order valence-corrected chi connectivity index (χ3v) is 5.14. The Morgan fingerprint density at radius 3 is 2.19 bits per heavy atom. The normalized spacial score (nSPS) is 11.9. The molecule has 0 radical (unpaired) electrons. The van der Waals surface area contributed by atoms with Crippen LogP contribution in [0.2, 0.25) is 0 Å². The molecule has 7 heteroatoms. The third kappa shape index (κ3) is 5.85. The highest BCUT2D eigenvalue weighted by molar-refractivity contribution is 5.91. The fourth-order valence-electron chi connectivity index (χ4n) is 3.18. The van der Waals surface area contributed by atoms with Crippen molar-refractivity contribution in [2.75, 3.05) is 5.32 Å². The molecule has 3 aromatic rings. The molecule has 0 saturated carbocycles. The average molecular weight is 435 g/mol. The topological polar surface area (TPSA) is 79.5 Å². The second kappa shape index (κ2) is 9.96. The van der Waals surface area contributed by atoms with Crippen molar-refractivity contribution in [2.24, 2.45) is 0 Å². The van der Waals surface area contributed by atoms with Crippen LogP contribution in [0.1, 0.15) is 31.9 Å². The molecule has 3 rings (SSSR count). The fourth-order valence-corrected chi connectivity index (χ4v) is 3.18. The maximum absolute atomic E-state index is 13.2. The molecule has 0 aliphatic carbocycles. The van der Waals surface area contributed by atoms with Crippen molar-refractivity contribution in [1.29, 1.82) is 0 Å². The van der Waals surface area contributed by atoms with Gasteiger partial charge in [0, 0.05) is 11.1 Å². The number of carbonyl (C=O) groups is 2. The number of hydrogen-bond donors (Lipinski definition) is 3. The van der Waals surface area contributed by atoms with E-state index >= 15 is 0 Å². The van der Waals surface area contributed by atoms with Crippen LogP contribution < -0.4 is 20.9 Å². The summed E-state index contributed by atoms with van der Waals surface area (Å²) in [5.41, 5.74) is 6.88. The van der Waals surface area contributed by atoms with Crippen LogP contribution in [0.15, 0.2) is 78.9 Å². The van der Waals surface area contributed by atoms with E-state index in [9.17, 15) is 14.0 Å². The summed E-state index contributed by atoms with van der Waals surface area (Å²) < 4.78 is 18.8. The number of halogens is 1. The highest BCUT2D eigenvalue weighted by Gasteiger charge is 2.23. The summed E-state index contributed by atoms with van der Waals surface area (Å²) in [5, 5.41) is 2.41. The van der Waals surface area contributed by atoms with Crippen molar-refractivity contribution < 1.29 is 18.7 Å². The molecule has 0 aliphatic rings. The Morgan fingerprint density at radius 2 is 1.53 bits per heavy atom. The quantitative estimate of drug-likeness (QED) is 0.488. The molecule has 3 N–H and O–H groups in total. The van der Waals surface area contributed by atoms with Crippen LogP contribution in [0.3, 0.4) is 0 Å². The van der Waals surface area contributed by atoms with E-state index in [-0.39, 0.29) is 11.1 Å². The van der Waals surface area contributed by atoms with Gasteiger partial charge in [-0.3, -0.25) is 10.2 Å². The number of hydrazine groups is 1. The van der Waals surface area contributed by atoms with Gasteiger partial charge in [-0.1, -0.05) is 62.4 Å². The van der Waals surface area contributed by atoms with E-state index in [0.29, 0.717) is 5.75 Å². The Morgan fingerprint density at radius 1 is 0.875 bits per heavy atom. The van der Waals surface area contributed by atoms with Crippen molar-refractivity contribution in [2.45, 2.75) is 32.3 Å². The largest absolute Gasteiger partial charge is 0.481 e. The third-order valence-electron chi connectivity index (χ3n) is 5.14. The molecule has 166 valence electrons. The Labute approximate surface area is 186 Å². The van der Waals surface area contributed by atoms with Gasteiger partial charge >= 0.3 is 6.03 Å². The minimum absolute atomic E-state index is 0.179. The van der Waals surface area contributed by atoms with Gasteiger partial charge in [-0.2, -0.15) is 0 Å². The summed E-state index contributed by atoms with van der Waals surface area (Å²) in [4.78, 5) is 24.1. The summed E-state index contributed by atoms with van der Waals surface area (Å²) in [6.45, 7) is 5.87. The van der Waals surface area contributed by atoms with Gasteiger partial charge in [0.2, 0.25) is 0 Å². The van der Waals surface area contributed by atoms with Gasteiger partial charge in [0.15, 0.2) is 6.10 Å². The first-order chi connectivity index (χ1) is 15.3. The first-order valence-electron chi connectivity index (χ1n) is 10.2. The monoisotopic (exact) mass is 435 g/mol. The molecule has 0 bridgehead atoms. The molecule has 1 atom stereocenters. The van der Waals surface area contributed by atoms with Gasteiger partial charge in [-0.05, 0) is 48.4 Å². The summed E-state index contributed by atoms with van der Waals surface area (Å²) in [7, 11) is 0. The molecular weight excluding hydrogens is 409 g/mol. The maximum atomic E-state index is 13.2. The van der Waals surface area contributed by atoms with Crippen LogP contribution in [-0.2, 0) is 10.2 Å². The van der Waals surface area contributed by atoms with Crippen LogP contribution in [-0.4, -0.2) is 18.0 Å². The van der Waals surface area contributed by atoms with Crippen molar-refractivity contribution in [3.05, 3.63) is 95.8 Å². The van der Waals surface area contributed by atoms with Crippen LogP contribution in [0.4, 0.5) is 14.9 Å². The fraction of sp³-hybridized carbons (Fsp3) is 0.200. The molecule has 0 spiro atoms. The standard InChI is InChI=1S/C25H26FN3O3/c1-17(23(30)28-29-24(31)27-21-11-7-10-20(26)16-21)32-22-14-12-19(13-15-22)25(2,3)18-8-5-4-6-9-18/h4-17H,1-3H3,(H,28,30)(H2,27,29,31)/t17-/m0/s1. The number of carbonyl (C=O) groups excluding carboxylic acids is 2. The lowest BCUT2D eigenvalue weighted by molar-refractivity contribution is -0.127. The SMILES string of the molecule is C[C@H](Oc1ccc(C(C)(C)c2ccccc2)cc1)C(=O)NNC(=O)Nc1cccc(F)c1. The van der Waals surface area contributed by atoms with E-state index in [4.69, 9.17) is 4.74 Å². The van der Waals surface area contributed by atoms with Crippen molar-refractivity contribution in [1.82, 2.24) is 10.9 Å². The number of hydrogen-bond acceptors (Lipinski definition) is 3. The molecule has 0 unspecified atom stereocenters. The molecule has 0 fully saturated rings. The molecule has 3 amide bonds. The number of urea groups is 1. The van der Waals surface area contributed by atoms with Gasteiger partial charge in [0.05, 0.1) is 0 Å². The first-order valence-corrected chi connectivity index (χ1v) is 10.2. The van der Waals surface area contributed by atoms with E-state index < -0.39 is 23.9 Å². The summed E-state index contributed by atoms with van der Waals surface area (Å²) in [5.74, 6) is -0.482. The zero-order valence-corrected chi connectivity index (χ0v) is 18.2. The van der Waals surface area contributed by atoms with Gasteiger partial charge in [0.25, 0.3) is 5.91 Å². The summed E-state index contributed by atoms with van der Waals surface area (Å²) >= 11 is 0. The predicted molar refractivity (Wildman–Crippen MR) is 122 cm³/mol. The highest BCUT2D eigenvalue weighted by atomic mass is 19.1. The lowest BCUT2D eigenvalue weighted by atomic mass is 9.78. The number of anilines is 1. The van der Waals surface area contributed by atoms with Crippen molar-refractivity contribution in [3.8, 4) is 5.75 Å². The van der Waals surface area contributed by atoms with Crippen LogP contribution in [0.25, 0.3) is 0 Å². The second-order valence-electron chi connectivity index (χ2n) is 7.85. The van der Waals surface area contributed by atoms with E-state index in [2.05, 4.69) is 42.1 Å². The maximum Gasteiger partial charge on any atom is 0.337 e. The Balaban J connectivity index is 1.52. The van der Waals surface area contributed by atoms with Crippen molar-refractivity contribution in [3.63, 3.8) is 0 Å². The predicted octanol–water partition coefficient (Wildman–Crippen LogP) is 4.77. The number of nitrogens with one attached hydrogen (secondary N) is 3. The number of amides is 3. The molecule has 3 aromatic carbocycles. The van der Waals surface area contributed by atoms with E-state index in [1.807, 2.05) is 42.5 Å². The molecule has 0 aliphatic heterocycles. The van der Waals surface area contributed by atoms with Gasteiger partial charge in [0.1, 0.15) is 11.6 Å². The van der Waals surface area contributed by atoms with Gasteiger partial charge in [-0.25, -0.2) is 14.6 Å². The van der Waals surface area contributed by atoms with Crippen LogP contribution in [0.5, 0.6) is 5.75 Å². The van der Waals surface area contributed by atoms with Crippen LogP contribution >= 0.6 is 0 Å². The van der Waals surface area contributed by atoms with Crippen molar-refractivity contribution >= 4 is 17.6 Å². The Bertz CT molecular complexity index is 1070. The smallest absolute Gasteiger partial charge is 0.337 e. The lowest BCUT2D eigenvalue weighted by Crippen LogP contribution is -2.48. The van der Waals surface area contributed by atoms with Gasteiger partial charge < -0.3 is 10.1 Å². The zero-order chi connectivity index (χ0) is 23.1. The van der Waals surface area contributed by atoms with E-state index in [1.165, 1.54) is 23.8 Å². The molecule has 32 heavy (non-hydrogen) atoms. The van der Waals surface area contributed by atoms with Gasteiger partial charge in [-0.15, -0.1) is 0 Å². The highest BCUT2D eigenvalue weighted by Crippen LogP contribution is 2.32. The Kier molecular flexibility index (Phi) is 7.10. The minimum atomic E-state index is -0.850. The second-order valence-corrected chi connectivity index (χ2v) is 7.85. The molecule has 0 saturated heterocycles. The summed E-state index contributed by atoms with van der Waals surface area (Å²) in [6, 6.07) is 22.5. The first kappa shape index (κ1) is 22.8.